The number of hydrogen-bond acceptors (Lipinski definition) is 5. The lowest BCUT2D eigenvalue weighted by atomic mass is 10.1. The number of aromatic nitrogens is 1. The summed E-state index contributed by atoms with van der Waals surface area (Å²) < 4.78 is 6.92. The van der Waals surface area contributed by atoms with Crippen molar-refractivity contribution in [1.82, 2.24) is 9.88 Å². The monoisotopic (exact) mass is 481 g/mol. The maximum atomic E-state index is 13.3. The van der Waals surface area contributed by atoms with Crippen LogP contribution >= 0.6 is 22.9 Å². The quantitative estimate of drug-likeness (QED) is 0.287. The van der Waals surface area contributed by atoms with E-state index in [9.17, 15) is 4.79 Å². The minimum atomic E-state index is -0.113. The number of aryl methyl sites for hydroxylation is 1. The van der Waals surface area contributed by atoms with Crippen LogP contribution in [0, 0.1) is 6.92 Å². The highest BCUT2D eigenvalue weighted by Gasteiger charge is 2.22. The van der Waals surface area contributed by atoms with Crippen LogP contribution < -0.4 is 9.64 Å². The van der Waals surface area contributed by atoms with Crippen molar-refractivity contribution in [3.63, 3.8) is 0 Å². The highest BCUT2D eigenvalue weighted by Crippen LogP contribution is 2.33. The van der Waals surface area contributed by atoms with Gasteiger partial charge in [-0.1, -0.05) is 67.1 Å². The molecule has 4 aromatic rings. The van der Waals surface area contributed by atoms with E-state index in [1.807, 2.05) is 55.5 Å². The highest BCUT2D eigenvalue weighted by molar-refractivity contribution is 7.22. The number of rotatable bonds is 9. The first kappa shape index (κ1) is 23.5. The third-order valence-electron chi connectivity index (χ3n) is 5.89. The predicted octanol–water partition coefficient (Wildman–Crippen LogP) is 6.17. The van der Waals surface area contributed by atoms with Crippen molar-refractivity contribution in [2.24, 2.45) is 0 Å². The average Bonchev–Trinajstić information content (AvgIpc) is 3.27. The Morgan fingerprint density at radius 1 is 1.03 bits per heavy atom. The first-order chi connectivity index (χ1) is 16.0. The number of nitrogens with zero attached hydrogens (tertiary/aromatic N) is 3. The van der Waals surface area contributed by atoms with Crippen molar-refractivity contribution in [1.29, 1.82) is 0 Å². The van der Waals surface area contributed by atoms with E-state index < -0.39 is 0 Å². The lowest BCUT2D eigenvalue weighted by Crippen LogP contribution is -2.41. The average molecular weight is 482 g/mol. The molecule has 0 saturated carbocycles. The predicted molar refractivity (Wildman–Crippen MR) is 139 cm³/mol. The second-order valence-corrected chi connectivity index (χ2v) is 9.30. The summed E-state index contributed by atoms with van der Waals surface area (Å²) in [6, 6.07) is 17.8. The summed E-state index contributed by atoms with van der Waals surface area (Å²) in [6.45, 7) is 9.34. The Kier molecular flexibility index (Phi) is 7.48. The van der Waals surface area contributed by atoms with Crippen LogP contribution in [0.25, 0.3) is 21.0 Å². The fourth-order valence-electron chi connectivity index (χ4n) is 3.79. The molecule has 0 atom stereocenters. The van der Waals surface area contributed by atoms with Gasteiger partial charge >= 0.3 is 0 Å². The number of benzene rings is 3. The molecule has 0 saturated heterocycles. The zero-order valence-electron chi connectivity index (χ0n) is 19.2. The Hall–Kier alpha value is -2.67. The second kappa shape index (κ2) is 10.5. The molecule has 0 radical (unpaired) electrons. The van der Waals surface area contributed by atoms with E-state index in [2.05, 4.69) is 24.8 Å². The van der Waals surface area contributed by atoms with Crippen LogP contribution in [0.15, 0.2) is 54.6 Å². The van der Waals surface area contributed by atoms with Gasteiger partial charge in [-0.15, -0.1) is 0 Å². The number of halogens is 1. The summed E-state index contributed by atoms with van der Waals surface area (Å²) in [7, 11) is 0. The van der Waals surface area contributed by atoms with Crippen LogP contribution in [-0.2, 0) is 4.79 Å². The number of likely N-dealkylation sites (N-methyl/N-ethyl adjacent to an activating group) is 1. The molecular formula is C26H28ClN3O2S. The van der Waals surface area contributed by atoms with E-state index in [-0.39, 0.29) is 12.5 Å². The summed E-state index contributed by atoms with van der Waals surface area (Å²) in [6.07, 6.45) is 0. The van der Waals surface area contributed by atoms with Gasteiger partial charge in [0.05, 0.1) is 10.2 Å². The number of carbonyl (C=O) groups is 1. The maximum absolute atomic E-state index is 13.3. The zero-order valence-corrected chi connectivity index (χ0v) is 20.7. The van der Waals surface area contributed by atoms with Crippen LogP contribution in [0.2, 0.25) is 5.02 Å². The summed E-state index contributed by atoms with van der Waals surface area (Å²) in [5.41, 5.74) is 1.78. The molecule has 1 aromatic heterocycles. The summed E-state index contributed by atoms with van der Waals surface area (Å²) >= 11 is 7.80. The normalized spacial score (nSPS) is 11.4. The second-order valence-electron chi connectivity index (χ2n) is 7.89. The third-order valence-corrected chi connectivity index (χ3v) is 7.34. The van der Waals surface area contributed by atoms with Gasteiger partial charge in [0.1, 0.15) is 5.75 Å². The van der Waals surface area contributed by atoms with E-state index in [1.54, 1.807) is 4.90 Å². The number of thiazole rings is 1. The van der Waals surface area contributed by atoms with Gasteiger partial charge in [0, 0.05) is 18.1 Å². The topological polar surface area (TPSA) is 45.7 Å². The first-order valence-electron chi connectivity index (χ1n) is 11.2. The fraction of sp³-hybridized carbons (Fsp3) is 0.308. The molecule has 172 valence electrons. The van der Waals surface area contributed by atoms with Gasteiger partial charge in [0.25, 0.3) is 5.91 Å². The molecule has 5 nitrogen and oxygen atoms in total. The van der Waals surface area contributed by atoms with E-state index in [4.69, 9.17) is 21.3 Å². The lowest BCUT2D eigenvalue weighted by Gasteiger charge is -2.24. The van der Waals surface area contributed by atoms with Gasteiger partial charge in [-0.2, -0.15) is 0 Å². The van der Waals surface area contributed by atoms with Crippen molar-refractivity contribution in [3.8, 4) is 5.75 Å². The molecule has 0 fully saturated rings. The van der Waals surface area contributed by atoms with E-state index in [1.165, 1.54) is 11.3 Å². The number of amides is 1. The number of fused-ring (bicyclic) bond motifs is 2. The van der Waals surface area contributed by atoms with Crippen molar-refractivity contribution in [2.75, 3.05) is 37.7 Å². The van der Waals surface area contributed by atoms with Crippen molar-refractivity contribution in [2.45, 2.75) is 20.8 Å². The first-order valence-corrected chi connectivity index (χ1v) is 12.4. The summed E-state index contributed by atoms with van der Waals surface area (Å²) in [5.74, 6) is 0.566. The molecular weight excluding hydrogens is 454 g/mol. The Balaban J connectivity index is 1.56. The molecule has 3 aromatic carbocycles. The largest absolute Gasteiger partial charge is 0.484 e. The van der Waals surface area contributed by atoms with Gasteiger partial charge in [-0.3, -0.25) is 9.69 Å². The van der Waals surface area contributed by atoms with Crippen molar-refractivity contribution in [3.05, 3.63) is 65.2 Å². The minimum Gasteiger partial charge on any atom is -0.484 e. The van der Waals surface area contributed by atoms with Gasteiger partial charge < -0.3 is 9.64 Å². The van der Waals surface area contributed by atoms with Crippen LogP contribution in [0.1, 0.15) is 19.4 Å². The molecule has 33 heavy (non-hydrogen) atoms. The molecule has 7 heteroatoms. The van der Waals surface area contributed by atoms with E-state index in [0.717, 1.165) is 46.2 Å². The molecule has 0 N–H and O–H groups in total. The fourth-order valence-corrected chi connectivity index (χ4v) is 5.01. The maximum Gasteiger partial charge on any atom is 0.266 e. The summed E-state index contributed by atoms with van der Waals surface area (Å²) in [4.78, 5) is 22.1. The molecule has 4 rings (SSSR count). The molecule has 0 aliphatic carbocycles. The van der Waals surface area contributed by atoms with Gasteiger partial charge in [-0.05, 0) is 60.6 Å². The highest BCUT2D eigenvalue weighted by atomic mass is 35.5. The zero-order chi connectivity index (χ0) is 23.4. The molecule has 0 bridgehead atoms. The molecule has 0 unspecified atom stereocenters. The van der Waals surface area contributed by atoms with Crippen LogP contribution in [0.4, 0.5) is 5.13 Å². The SMILES string of the molecule is CCN(CC)CCN(C(=O)COc1ccc2ccccc2c1)c1nc2c(C)c(Cl)ccc2s1. The Labute approximate surface area is 203 Å². The Morgan fingerprint density at radius 2 is 1.79 bits per heavy atom. The van der Waals surface area contributed by atoms with Crippen LogP contribution in [-0.4, -0.2) is 48.6 Å². The van der Waals surface area contributed by atoms with Gasteiger partial charge in [0.2, 0.25) is 0 Å². The molecule has 1 amide bonds. The standard InChI is InChI=1S/C26H28ClN3O2S/c1-4-29(5-2)14-15-30(26-28-25-18(3)22(27)12-13-23(25)33-26)24(31)17-32-21-11-10-19-8-6-7-9-20(19)16-21/h6-13,16H,4-5,14-15,17H2,1-3H3. The number of hydrogen-bond donors (Lipinski definition) is 0. The molecule has 1 heterocycles. The third kappa shape index (κ3) is 5.29. The van der Waals surface area contributed by atoms with E-state index >= 15 is 0 Å². The molecule has 0 spiro atoms. The van der Waals surface area contributed by atoms with Gasteiger partial charge in [-0.25, -0.2) is 4.98 Å². The minimum absolute atomic E-state index is 0.0494. The number of anilines is 1. The van der Waals surface area contributed by atoms with Crippen LogP contribution in [0.5, 0.6) is 5.75 Å². The summed E-state index contributed by atoms with van der Waals surface area (Å²) in [5, 5.41) is 3.58. The Morgan fingerprint density at radius 3 is 2.55 bits per heavy atom. The van der Waals surface area contributed by atoms with Crippen LogP contribution in [0.3, 0.4) is 0 Å². The molecule has 0 aliphatic rings. The lowest BCUT2D eigenvalue weighted by molar-refractivity contribution is -0.120. The van der Waals surface area contributed by atoms with Crippen molar-refractivity contribution < 1.29 is 9.53 Å². The van der Waals surface area contributed by atoms with E-state index in [0.29, 0.717) is 22.4 Å². The van der Waals surface area contributed by atoms with Crippen molar-refractivity contribution >= 4 is 55.0 Å². The van der Waals surface area contributed by atoms with Gasteiger partial charge in [0.15, 0.2) is 11.7 Å². The Bertz CT molecular complexity index is 1270. The molecule has 0 aliphatic heterocycles. The number of carbonyl (C=O) groups excluding carboxylic acids is 1. The smallest absolute Gasteiger partial charge is 0.266 e. The number of ether oxygens (including phenoxy) is 1.